The van der Waals surface area contributed by atoms with Gasteiger partial charge in [0.2, 0.25) is 0 Å². The molecule has 0 bridgehead atoms. The molecular weight excluding hydrogens is 139 g/mol. The Bertz CT molecular complexity index is 111. The summed E-state index contributed by atoms with van der Waals surface area (Å²) < 4.78 is 12.4. The van der Waals surface area contributed by atoms with Crippen molar-refractivity contribution in [1.29, 1.82) is 0 Å². The molecule has 1 aliphatic rings. The van der Waals surface area contributed by atoms with Gasteiger partial charge in [-0.25, -0.2) is 0 Å². The highest BCUT2D eigenvalue weighted by atomic mass is 19.1. The molecule has 3 atom stereocenters. The highest BCUT2D eigenvalue weighted by Gasteiger charge is 2.22. The van der Waals surface area contributed by atoms with Gasteiger partial charge in [0.25, 0.3) is 0 Å². The average Bonchev–Trinajstić information content (AvgIpc) is 2.11. The molecule has 1 saturated carbocycles. The van der Waals surface area contributed by atoms with Crippen molar-refractivity contribution < 1.29 is 4.39 Å². The summed E-state index contributed by atoms with van der Waals surface area (Å²) in [6.45, 7) is 4.39. The molecule has 1 fully saturated rings. The van der Waals surface area contributed by atoms with Crippen LogP contribution in [0.4, 0.5) is 4.39 Å². The molecule has 0 saturated heterocycles. The van der Waals surface area contributed by atoms with Gasteiger partial charge < -0.3 is 0 Å². The predicted octanol–water partition coefficient (Wildman–Crippen LogP) is 3.42. The number of rotatable bonds is 1. The lowest BCUT2D eigenvalue weighted by Crippen LogP contribution is -2.13. The summed E-state index contributed by atoms with van der Waals surface area (Å²) in [5.74, 6) is 1.79. The van der Waals surface area contributed by atoms with Crippen molar-refractivity contribution in [2.24, 2.45) is 17.8 Å². The zero-order chi connectivity index (χ0) is 8.27. The van der Waals surface area contributed by atoms with Crippen molar-refractivity contribution in [2.75, 3.05) is 6.67 Å². The van der Waals surface area contributed by atoms with Crippen LogP contribution in [0.5, 0.6) is 0 Å². The van der Waals surface area contributed by atoms with Gasteiger partial charge in [-0.2, -0.15) is 0 Å². The summed E-state index contributed by atoms with van der Waals surface area (Å²) in [6, 6.07) is 0. The fourth-order valence-corrected chi connectivity index (χ4v) is 2.19. The number of alkyl halides is 1. The summed E-state index contributed by atoms with van der Waals surface area (Å²) >= 11 is 0. The van der Waals surface area contributed by atoms with Crippen LogP contribution in [0.2, 0.25) is 0 Å². The first-order chi connectivity index (χ1) is 5.24. The molecule has 0 aromatic rings. The Morgan fingerprint density at radius 1 is 1.27 bits per heavy atom. The lowest BCUT2D eigenvalue weighted by molar-refractivity contribution is 0.252. The fourth-order valence-electron chi connectivity index (χ4n) is 2.19. The second kappa shape index (κ2) is 4.08. The molecule has 11 heavy (non-hydrogen) atoms. The third-order valence-electron chi connectivity index (χ3n) is 3.05. The van der Waals surface area contributed by atoms with Gasteiger partial charge in [0, 0.05) is 0 Å². The minimum absolute atomic E-state index is 0.103. The lowest BCUT2D eigenvalue weighted by atomic mass is 9.89. The van der Waals surface area contributed by atoms with Gasteiger partial charge in [0.05, 0.1) is 6.67 Å². The first-order valence-electron chi connectivity index (χ1n) is 4.80. The summed E-state index contributed by atoms with van der Waals surface area (Å²) in [6.07, 6.45) is 4.89. The SMILES string of the molecule is C[C@H]1CCCC(CF)[C@@H](C)C1. The Hall–Kier alpha value is -0.0700. The van der Waals surface area contributed by atoms with E-state index in [1.165, 1.54) is 19.3 Å². The van der Waals surface area contributed by atoms with Crippen molar-refractivity contribution in [3.8, 4) is 0 Å². The molecule has 0 heterocycles. The topological polar surface area (TPSA) is 0 Å². The van der Waals surface area contributed by atoms with Gasteiger partial charge in [-0.15, -0.1) is 0 Å². The molecule has 0 nitrogen and oxygen atoms in total. The van der Waals surface area contributed by atoms with Gasteiger partial charge >= 0.3 is 0 Å². The largest absolute Gasteiger partial charge is 0.251 e. The molecule has 0 aliphatic heterocycles. The zero-order valence-electron chi connectivity index (χ0n) is 7.65. The van der Waals surface area contributed by atoms with Crippen LogP contribution in [0, 0.1) is 17.8 Å². The molecule has 1 heteroatoms. The molecule has 0 amide bonds. The van der Waals surface area contributed by atoms with E-state index in [-0.39, 0.29) is 6.67 Å². The maximum absolute atomic E-state index is 12.4. The second-order valence-corrected chi connectivity index (χ2v) is 4.16. The van der Waals surface area contributed by atoms with E-state index in [1.807, 2.05) is 0 Å². The first kappa shape index (κ1) is 9.02. The molecule has 66 valence electrons. The standard InChI is InChI=1S/C10H19F/c1-8-4-3-5-10(7-11)9(2)6-8/h8-10H,3-7H2,1-2H3/t8-,9-,10?/m0/s1. The van der Waals surface area contributed by atoms with Crippen LogP contribution in [0.3, 0.4) is 0 Å². The highest BCUT2D eigenvalue weighted by molar-refractivity contribution is 4.73. The molecule has 0 aromatic heterocycles. The van der Waals surface area contributed by atoms with E-state index in [0.29, 0.717) is 11.8 Å². The number of halogens is 1. The molecule has 1 rings (SSSR count). The number of hydrogen-bond acceptors (Lipinski definition) is 0. The monoisotopic (exact) mass is 158 g/mol. The second-order valence-electron chi connectivity index (χ2n) is 4.16. The minimum atomic E-state index is -0.103. The van der Waals surface area contributed by atoms with Crippen LogP contribution < -0.4 is 0 Å². The van der Waals surface area contributed by atoms with Crippen molar-refractivity contribution in [1.82, 2.24) is 0 Å². The van der Waals surface area contributed by atoms with Crippen molar-refractivity contribution in [3.63, 3.8) is 0 Å². The van der Waals surface area contributed by atoms with Crippen LogP contribution >= 0.6 is 0 Å². The Labute approximate surface area is 69.2 Å². The lowest BCUT2D eigenvalue weighted by Gasteiger charge is -2.18. The third-order valence-corrected chi connectivity index (χ3v) is 3.05. The van der Waals surface area contributed by atoms with E-state index >= 15 is 0 Å². The summed E-state index contributed by atoms with van der Waals surface area (Å²) in [4.78, 5) is 0. The average molecular weight is 158 g/mol. The molecule has 0 radical (unpaired) electrons. The van der Waals surface area contributed by atoms with E-state index in [4.69, 9.17) is 0 Å². The van der Waals surface area contributed by atoms with E-state index in [0.717, 1.165) is 12.3 Å². The van der Waals surface area contributed by atoms with Crippen LogP contribution in [0.25, 0.3) is 0 Å². The summed E-state index contributed by atoms with van der Waals surface area (Å²) in [7, 11) is 0. The zero-order valence-corrected chi connectivity index (χ0v) is 7.65. The van der Waals surface area contributed by atoms with Crippen LogP contribution in [-0.2, 0) is 0 Å². The van der Waals surface area contributed by atoms with Gasteiger partial charge in [-0.1, -0.05) is 26.7 Å². The van der Waals surface area contributed by atoms with Gasteiger partial charge in [-0.3, -0.25) is 4.39 Å². The van der Waals surface area contributed by atoms with Crippen molar-refractivity contribution >= 4 is 0 Å². The fraction of sp³-hybridized carbons (Fsp3) is 1.00. The van der Waals surface area contributed by atoms with Crippen LogP contribution in [0.15, 0.2) is 0 Å². The maximum atomic E-state index is 12.4. The molecule has 0 spiro atoms. The predicted molar refractivity (Wildman–Crippen MR) is 46.3 cm³/mol. The van der Waals surface area contributed by atoms with Crippen molar-refractivity contribution in [3.05, 3.63) is 0 Å². The molecule has 1 aliphatic carbocycles. The maximum Gasteiger partial charge on any atom is 0.0925 e. The quantitative estimate of drug-likeness (QED) is 0.513. The van der Waals surface area contributed by atoms with E-state index in [2.05, 4.69) is 13.8 Å². The van der Waals surface area contributed by atoms with Crippen LogP contribution in [-0.4, -0.2) is 6.67 Å². The van der Waals surface area contributed by atoms with E-state index < -0.39 is 0 Å². The highest BCUT2D eigenvalue weighted by Crippen LogP contribution is 2.31. The molecule has 0 aromatic carbocycles. The normalized spacial score (nSPS) is 40.1. The van der Waals surface area contributed by atoms with Gasteiger partial charge in [-0.05, 0) is 30.6 Å². The smallest absolute Gasteiger partial charge is 0.0925 e. The van der Waals surface area contributed by atoms with E-state index in [9.17, 15) is 4.39 Å². The van der Waals surface area contributed by atoms with Gasteiger partial charge in [0.15, 0.2) is 0 Å². The van der Waals surface area contributed by atoms with Crippen molar-refractivity contribution in [2.45, 2.75) is 39.5 Å². The molecule has 0 N–H and O–H groups in total. The Morgan fingerprint density at radius 2 is 2.00 bits per heavy atom. The van der Waals surface area contributed by atoms with E-state index in [1.54, 1.807) is 0 Å². The minimum Gasteiger partial charge on any atom is -0.251 e. The summed E-state index contributed by atoms with van der Waals surface area (Å²) in [5.41, 5.74) is 0. The summed E-state index contributed by atoms with van der Waals surface area (Å²) in [5, 5.41) is 0. The van der Waals surface area contributed by atoms with Gasteiger partial charge in [0.1, 0.15) is 0 Å². The Balaban J connectivity index is 2.43. The third kappa shape index (κ3) is 2.46. The molecule has 1 unspecified atom stereocenters. The Morgan fingerprint density at radius 3 is 2.64 bits per heavy atom. The van der Waals surface area contributed by atoms with Crippen LogP contribution in [0.1, 0.15) is 39.5 Å². The first-order valence-corrected chi connectivity index (χ1v) is 4.80. The Kier molecular flexibility index (Phi) is 3.35. The molecular formula is C10H19F. The number of hydrogen-bond donors (Lipinski definition) is 0.